The number of carboxylic acids is 1. The summed E-state index contributed by atoms with van der Waals surface area (Å²) < 4.78 is 5.62. The third kappa shape index (κ3) is 5.34. The van der Waals surface area contributed by atoms with E-state index in [-0.39, 0.29) is 22.5 Å². The predicted molar refractivity (Wildman–Crippen MR) is 124 cm³/mol. The molecule has 1 saturated carbocycles. The fourth-order valence-corrected chi connectivity index (χ4v) is 5.55. The third-order valence-corrected chi connectivity index (χ3v) is 7.21. The van der Waals surface area contributed by atoms with Crippen molar-refractivity contribution in [2.24, 2.45) is 5.92 Å². The van der Waals surface area contributed by atoms with Crippen LogP contribution >= 0.6 is 23.1 Å². The number of carbonyl (C=O) groups is 3. The number of amides is 2. The number of Topliss-reactive ketones (excluding diaryl/α,β-unsaturated/α-hetero) is 1. The van der Waals surface area contributed by atoms with E-state index in [4.69, 9.17) is 4.74 Å². The van der Waals surface area contributed by atoms with Crippen LogP contribution in [0.5, 0.6) is 5.75 Å². The lowest BCUT2D eigenvalue weighted by molar-refractivity contribution is 0.0687. The van der Waals surface area contributed by atoms with Crippen LogP contribution in [-0.2, 0) is 0 Å². The number of hydrogen-bond donors (Lipinski definition) is 4. The van der Waals surface area contributed by atoms with Gasteiger partial charge in [-0.3, -0.25) is 10.1 Å². The van der Waals surface area contributed by atoms with Crippen molar-refractivity contribution in [2.45, 2.75) is 35.0 Å². The van der Waals surface area contributed by atoms with E-state index in [2.05, 4.69) is 25.6 Å². The molecule has 3 aromatic rings. The Kier molecular flexibility index (Phi) is 6.94. The van der Waals surface area contributed by atoms with E-state index in [1.807, 2.05) is 0 Å². The van der Waals surface area contributed by atoms with Crippen LogP contribution < -0.4 is 15.4 Å². The van der Waals surface area contributed by atoms with E-state index < -0.39 is 12.0 Å². The molecule has 33 heavy (non-hydrogen) atoms. The van der Waals surface area contributed by atoms with E-state index >= 15 is 0 Å². The Morgan fingerprint density at radius 3 is 2.70 bits per heavy atom. The van der Waals surface area contributed by atoms with Gasteiger partial charge in [0, 0.05) is 23.9 Å². The number of imidazole rings is 1. The molecule has 0 unspecified atom stereocenters. The molecule has 2 amide bonds. The smallest absolute Gasteiger partial charge is 0.356 e. The van der Waals surface area contributed by atoms with Gasteiger partial charge in [0.1, 0.15) is 9.96 Å². The summed E-state index contributed by atoms with van der Waals surface area (Å²) in [6.07, 6.45) is 6.85. The largest absolute Gasteiger partial charge is 0.497 e. The predicted octanol–water partition coefficient (Wildman–Crippen LogP) is 4.74. The van der Waals surface area contributed by atoms with Crippen molar-refractivity contribution < 1.29 is 24.2 Å². The molecule has 0 aliphatic heterocycles. The van der Waals surface area contributed by atoms with Gasteiger partial charge >= 0.3 is 12.0 Å². The highest BCUT2D eigenvalue weighted by molar-refractivity contribution is 8.01. The number of ketones is 1. The second kappa shape index (κ2) is 10.0. The molecular weight excluding hydrogens is 466 g/mol. The number of rotatable bonds is 8. The van der Waals surface area contributed by atoms with Gasteiger partial charge in [-0.15, -0.1) is 0 Å². The number of anilines is 2. The van der Waals surface area contributed by atoms with Crippen molar-refractivity contribution in [3.05, 3.63) is 41.9 Å². The summed E-state index contributed by atoms with van der Waals surface area (Å²) in [4.78, 5) is 48.2. The number of aromatic amines is 1. The van der Waals surface area contributed by atoms with E-state index in [1.165, 1.54) is 7.11 Å². The molecule has 0 saturated heterocycles. The number of nitrogens with zero attached hydrogens (tertiary/aromatic N) is 2. The second-order valence-electron chi connectivity index (χ2n) is 7.29. The summed E-state index contributed by atoms with van der Waals surface area (Å²) in [6.45, 7) is 0. The van der Waals surface area contributed by atoms with Crippen LogP contribution in [0, 0.1) is 5.92 Å². The number of H-pyrrole nitrogens is 1. The average molecular weight is 488 g/mol. The number of aromatic carboxylic acids is 1. The van der Waals surface area contributed by atoms with Crippen LogP contribution in [0.25, 0.3) is 0 Å². The maximum absolute atomic E-state index is 13.0. The Balaban J connectivity index is 1.52. The second-order valence-corrected chi connectivity index (χ2v) is 9.55. The molecule has 0 atom stereocenters. The maximum Gasteiger partial charge on any atom is 0.356 e. The van der Waals surface area contributed by atoms with E-state index in [9.17, 15) is 19.5 Å². The number of thiazole rings is 1. The number of methoxy groups -OCH3 is 1. The third-order valence-electron chi connectivity index (χ3n) is 5.15. The molecule has 1 aromatic carbocycles. The van der Waals surface area contributed by atoms with Crippen molar-refractivity contribution in [3.63, 3.8) is 0 Å². The Morgan fingerprint density at radius 1 is 1.24 bits per heavy atom. The van der Waals surface area contributed by atoms with Gasteiger partial charge in [-0.25, -0.2) is 19.6 Å². The number of carboxylic acid groups (broad SMARTS) is 1. The number of benzene rings is 1. The topological polar surface area (TPSA) is 146 Å². The number of ether oxygens (including phenoxy) is 1. The van der Waals surface area contributed by atoms with Crippen LogP contribution in [0.4, 0.5) is 15.6 Å². The fraction of sp³-hybridized carbons (Fsp3) is 0.286. The molecule has 4 rings (SSSR count). The van der Waals surface area contributed by atoms with Gasteiger partial charge in [0.2, 0.25) is 0 Å². The Labute approximate surface area is 197 Å². The first kappa shape index (κ1) is 22.8. The highest BCUT2D eigenvalue weighted by Gasteiger charge is 2.27. The van der Waals surface area contributed by atoms with Crippen molar-refractivity contribution in [1.29, 1.82) is 0 Å². The number of nitrogens with one attached hydrogen (secondary N) is 3. The van der Waals surface area contributed by atoms with Gasteiger partial charge in [0.25, 0.3) is 0 Å². The molecule has 1 fully saturated rings. The average Bonchev–Trinajstić information content (AvgIpc) is 3.56. The van der Waals surface area contributed by atoms with Crippen molar-refractivity contribution in [1.82, 2.24) is 15.0 Å². The van der Waals surface area contributed by atoms with E-state index in [0.717, 1.165) is 48.8 Å². The number of hydrogen-bond acceptors (Lipinski definition) is 8. The van der Waals surface area contributed by atoms with Crippen molar-refractivity contribution in [3.8, 4) is 5.75 Å². The standard InChI is InChI=1S/C21H21N5O5S2/c1-31-12-6-7-14(13(10-12)16(27)11-4-2-3-5-11)24-19(30)26-21-25-15(17(28)29)18(33-21)32-20-22-8-9-23-20/h6-11H,2-5H2,1H3,(H,22,23)(H,28,29)(H2,24,25,26,30). The number of urea groups is 1. The van der Waals surface area contributed by atoms with Gasteiger partial charge in [-0.1, -0.05) is 24.2 Å². The number of aromatic nitrogens is 3. The minimum absolute atomic E-state index is 0.0266. The first-order valence-electron chi connectivity index (χ1n) is 10.2. The first-order chi connectivity index (χ1) is 15.9. The number of carbonyl (C=O) groups excluding carboxylic acids is 2. The molecule has 172 valence electrons. The zero-order valence-corrected chi connectivity index (χ0v) is 19.2. The zero-order chi connectivity index (χ0) is 23.4. The van der Waals surface area contributed by atoms with E-state index in [1.54, 1.807) is 30.6 Å². The summed E-state index contributed by atoms with van der Waals surface area (Å²) in [6, 6.07) is 4.26. The molecule has 12 heteroatoms. The summed E-state index contributed by atoms with van der Waals surface area (Å²) in [7, 11) is 1.51. The lowest BCUT2D eigenvalue weighted by Crippen LogP contribution is -2.22. The summed E-state index contributed by atoms with van der Waals surface area (Å²) in [5.74, 6) is -0.790. The summed E-state index contributed by atoms with van der Waals surface area (Å²) >= 11 is 2.12. The highest BCUT2D eigenvalue weighted by Crippen LogP contribution is 2.36. The Morgan fingerprint density at radius 2 is 2.03 bits per heavy atom. The quantitative estimate of drug-likeness (QED) is 0.333. The summed E-state index contributed by atoms with van der Waals surface area (Å²) in [5.41, 5.74) is 0.555. The van der Waals surface area contributed by atoms with Crippen LogP contribution in [0.3, 0.4) is 0 Å². The Hall–Kier alpha value is -3.38. The molecule has 0 radical (unpaired) electrons. The Bertz CT molecular complexity index is 1170. The van der Waals surface area contributed by atoms with Gasteiger partial charge in [0.05, 0.1) is 12.8 Å². The minimum Gasteiger partial charge on any atom is -0.497 e. The molecular formula is C21H21N5O5S2. The molecule has 2 aromatic heterocycles. The minimum atomic E-state index is -1.21. The lowest BCUT2D eigenvalue weighted by atomic mass is 9.95. The van der Waals surface area contributed by atoms with Crippen LogP contribution in [-0.4, -0.2) is 45.0 Å². The molecule has 1 aliphatic rings. The van der Waals surface area contributed by atoms with Crippen LogP contribution in [0.2, 0.25) is 0 Å². The highest BCUT2D eigenvalue weighted by atomic mass is 32.2. The molecule has 1 aliphatic carbocycles. The van der Waals surface area contributed by atoms with Gasteiger partial charge in [-0.2, -0.15) is 0 Å². The lowest BCUT2D eigenvalue weighted by Gasteiger charge is -2.15. The first-order valence-corrected chi connectivity index (χ1v) is 11.8. The van der Waals surface area contributed by atoms with Gasteiger partial charge in [-0.05, 0) is 42.8 Å². The molecule has 2 heterocycles. The van der Waals surface area contributed by atoms with Gasteiger partial charge < -0.3 is 20.1 Å². The van der Waals surface area contributed by atoms with Gasteiger partial charge in [0.15, 0.2) is 21.8 Å². The van der Waals surface area contributed by atoms with E-state index in [0.29, 0.717) is 26.4 Å². The summed E-state index contributed by atoms with van der Waals surface area (Å²) in [5, 5.41) is 15.3. The maximum atomic E-state index is 13.0. The van der Waals surface area contributed by atoms with Crippen molar-refractivity contribution in [2.75, 3.05) is 17.7 Å². The van der Waals surface area contributed by atoms with Crippen LogP contribution in [0.1, 0.15) is 46.5 Å². The monoisotopic (exact) mass is 487 g/mol. The van der Waals surface area contributed by atoms with Crippen LogP contribution in [0.15, 0.2) is 40.0 Å². The molecule has 0 bridgehead atoms. The zero-order valence-electron chi connectivity index (χ0n) is 17.6. The SMILES string of the molecule is COc1ccc(NC(=O)Nc2nc(C(=O)O)c(Sc3ncc[nH]3)s2)c(C(=O)C2CCCC2)c1. The van der Waals surface area contributed by atoms with Crippen molar-refractivity contribution >= 4 is 51.7 Å². The molecule has 10 nitrogen and oxygen atoms in total. The fourth-order valence-electron chi connectivity index (χ4n) is 3.58. The molecule has 4 N–H and O–H groups in total. The molecule has 0 spiro atoms. The normalized spacial score (nSPS) is 13.6.